The van der Waals surface area contributed by atoms with E-state index in [1.54, 1.807) is 6.08 Å². The average Bonchev–Trinajstić information content (AvgIpc) is 2.09. The van der Waals surface area contributed by atoms with Crippen LogP contribution in [-0.4, -0.2) is 6.29 Å². The molecule has 0 unspecified atom stereocenters. The van der Waals surface area contributed by atoms with Crippen LogP contribution in [0.25, 0.3) is 0 Å². The maximum atomic E-state index is 10.2. The Morgan fingerprint density at radius 2 is 2.14 bits per heavy atom. The van der Waals surface area contributed by atoms with Crippen molar-refractivity contribution in [3.8, 4) is 0 Å². The number of rotatable bonds is 3. The fourth-order valence-corrected chi connectivity index (χ4v) is 2.87. The zero-order valence-corrected chi connectivity index (χ0v) is 9.62. The predicted octanol–water partition coefficient (Wildman–Crippen LogP) is 3.59. The first kappa shape index (κ1) is 11.5. The van der Waals surface area contributed by atoms with E-state index in [1.807, 2.05) is 6.08 Å². The minimum absolute atomic E-state index is 0.449. The predicted molar refractivity (Wildman–Crippen MR) is 60.1 cm³/mol. The van der Waals surface area contributed by atoms with Crippen molar-refractivity contribution in [1.82, 2.24) is 0 Å². The highest BCUT2D eigenvalue weighted by Gasteiger charge is 2.35. The molecule has 0 aliphatic heterocycles. The summed E-state index contributed by atoms with van der Waals surface area (Å²) in [5, 5.41) is 0. The van der Waals surface area contributed by atoms with Gasteiger partial charge < -0.3 is 0 Å². The molecule has 14 heavy (non-hydrogen) atoms. The zero-order valence-electron chi connectivity index (χ0n) is 9.62. The fraction of sp³-hybridized carbons (Fsp3) is 0.769. The van der Waals surface area contributed by atoms with Gasteiger partial charge in [0.25, 0.3) is 0 Å². The van der Waals surface area contributed by atoms with Crippen LogP contribution in [0.5, 0.6) is 0 Å². The molecule has 1 saturated carbocycles. The lowest BCUT2D eigenvalue weighted by Gasteiger charge is -2.42. The Balaban J connectivity index is 2.60. The molecule has 1 heteroatoms. The second-order valence-electron chi connectivity index (χ2n) is 5.26. The molecule has 1 nitrogen and oxygen atoms in total. The Morgan fingerprint density at radius 1 is 1.43 bits per heavy atom. The van der Waals surface area contributed by atoms with Crippen LogP contribution in [0.15, 0.2) is 12.2 Å². The number of allylic oxidation sites excluding steroid dienone is 2. The second-order valence-corrected chi connectivity index (χ2v) is 5.26. The first-order valence-corrected chi connectivity index (χ1v) is 5.68. The van der Waals surface area contributed by atoms with E-state index in [2.05, 4.69) is 20.8 Å². The van der Waals surface area contributed by atoms with Crippen molar-refractivity contribution in [2.45, 2.75) is 46.5 Å². The third kappa shape index (κ3) is 2.70. The highest BCUT2D eigenvalue weighted by molar-refractivity contribution is 5.64. The second kappa shape index (κ2) is 4.77. The zero-order chi connectivity index (χ0) is 10.6. The van der Waals surface area contributed by atoms with Crippen LogP contribution in [0.3, 0.4) is 0 Å². The molecule has 0 aromatic heterocycles. The topological polar surface area (TPSA) is 17.1 Å². The molecule has 0 radical (unpaired) electrons. The van der Waals surface area contributed by atoms with E-state index in [4.69, 9.17) is 0 Å². The van der Waals surface area contributed by atoms with Crippen LogP contribution in [0.4, 0.5) is 0 Å². The van der Waals surface area contributed by atoms with Gasteiger partial charge in [-0.3, -0.25) is 4.79 Å². The quantitative estimate of drug-likeness (QED) is 0.495. The van der Waals surface area contributed by atoms with E-state index < -0.39 is 0 Å². The van der Waals surface area contributed by atoms with Crippen LogP contribution in [0.1, 0.15) is 46.5 Å². The third-order valence-corrected chi connectivity index (χ3v) is 3.78. The summed E-state index contributed by atoms with van der Waals surface area (Å²) < 4.78 is 0. The molecular weight excluding hydrogens is 172 g/mol. The van der Waals surface area contributed by atoms with Gasteiger partial charge in [0.2, 0.25) is 0 Å². The molecule has 1 aliphatic carbocycles. The Morgan fingerprint density at radius 3 is 2.71 bits per heavy atom. The summed E-state index contributed by atoms with van der Waals surface area (Å²) in [6.07, 6.45) is 9.65. The maximum Gasteiger partial charge on any atom is 0.142 e. The minimum atomic E-state index is 0.449. The van der Waals surface area contributed by atoms with Crippen molar-refractivity contribution in [3.63, 3.8) is 0 Å². The summed E-state index contributed by atoms with van der Waals surface area (Å²) in [6, 6.07) is 0. The largest absolute Gasteiger partial charge is 0.299 e. The Bertz CT molecular complexity index is 215. The Labute approximate surface area is 87.6 Å². The van der Waals surface area contributed by atoms with Crippen molar-refractivity contribution >= 4 is 6.29 Å². The number of aldehydes is 1. The monoisotopic (exact) mass is 194 g/mol. The van der Waals surface area contributed by atoms with Crippen molar-refractivity contribution in [1.29, 1.82) is 0 Å². The number of hydrogen-bond donors (Lipinski definition) is 0. The number of hydrogen-bond acceptors (Lipinski definition) is 1. The van der Waals surface area contributed by atoms with Crippen molar-refractivity contribution in [2.24, 2.45) is 17.3 Å². The molecular formula is C13H22O. The van der Waals surface area contributed by atoms with Gasteiger partial charge in [0.05, 0.1) is 0 Å². The van der Waals surface area contributed by atoms with Crippen LogP contribution in [-0.2, 0) is 4.79 Å². The molecule has 0 aromatic carbocycles. The normalized spacial score (nSPS) is 31.9. The van der Waals surface area contributed by atoms with Gasteiger partial charge in [0.15, 0.2) is 0 Å². The van der Waals surface area contributed by atoms with Gasteiger partial charge in [0.1, 0.15) is 6.29 Å². The molecule has 1 rings (SSSR count). The Hall–Kier alpha value is -0.590. The first-order valence-electron chi connectivity index (χ1n) is 5.68. The lowest BCUT2D eigenvalue weighted by Crippen LogP contribution is -2.33. The smallest absolute Gasteiger partial charge is 0.142 e. The van der Waals surface area contributed by atoms with Gasteiger partial charge in [-0.15, -0.1) is 0 Å². The summed E-state index contributed by atoms with van der Waals surface area (Å²) in [5.41, 5.74) is 0.449. The summed E-state index contributed by atoms with van der Waals surface area (Å²) in [5.74, 6) is 1.54. The third-order valence-electron chi connectivity index (χ3n) is 3.78. The molecule has 0 bridgehead atoms. The van der Waals surface area contributed by atoms with Gasteiger partial charge in [-0.1, -0.05) is 39.7 Å². The van der Waals surface area contributed by atoms with Gasteiger partial charge in [-0.25, -0.2) is 0 Å². The van der Waals surface area contributed by atoms with E-state index in [9.17, 15) is 4.79 Å². The van der Waals surface area contributed by atoms with Gasteiger partial charge in [-0.05, 0) is 36.2 Å². The van der Waals surface area contributed by atoms with E-state index in [0.29, 0.717) is 5.41 Å². The lowest BCUT2D eigenvalue weighted by molar-refractivity contribution is -0.104. The number of carbonyl (C=O) groups excluding carboxylic acids is 1. The van der Waals surface area contributed by atoms with Crippen LogP contribution in [0, 0.1) is 17.3 Å². The highest BCUT2D eigenvalue weighted by Crippen LogP contribution is 2.45. The van der Waals surface area contributed by atoms with E-state index in [0.717, 1.165) is 24.5 Å². The molecule has 0 N–H and O–H groups in total. The highest BCUT2D eigenvalue weighted by atomic mass is 16.1. The molecule has 0 heterocycles. The summed E-state index contributed by atoms with van der Waals surface area (Å²) >= 11 is 0. The number of carbonyl (C=O) groups is 1. The molecule has 80 valence electrons. The first-order chi connectivity index (χ1) is 6.58. The molecule has 1 fully saturated rings. The standard InChI is InChI=1S/C13H22O/c1-11-7-6-9-13(2,3)12(11)8-4-5-10-14/h4-5,10-12H,6-9H2,1-3H3/t11-,12+/m1/s1. The van der Waals surface area contributed by atoms with E-state index >= 15 is 0 Å². The summed E-state index contributed by atoms with van der Waals surface area (Å²) in [4.78, 5) is 10.2. The van der Waals surface area contributed by atoms with Crippen molar-refractivity contribution < 1.29 is 4.79 Å². The van der Waals surface area contributed by atoms with Gasteiger partial charge >= 0.3 is 0 Å². The van der Waals surface area contributed by atoms with E-state index in [1.165, 1.54) is 19.3 Å². The average molecular weight is 194 g/mol. The molecule has 0 aromatic rings. The SMILES string of the molecule is C[C@@H]1CCCC(C)(C)[C@H]1CC=CC=O. The molecule has 0 amide bonds. The van der Waals surface area contributed by atoms with Crippen LogP contribution >= 0.6 is 0 Å². The molecule has 0 saturated heterocycles. The van der Waals surface area contributed by atoms with E-state index in [-0.39, 0.29) is 0 Å². The summed E-state index contributed by atoms with van der Waals surface area (Å²) in [7, 11) is 0. The lowest BCUT2D eigenvalue weighted by atomic mass is 9.63. The molecule has 0 spiro atoms. The van der Waals surface area contributed by atoms with Crippen LogP contribution in [0.2, 0.25) is 0 Å². The minimum Gasteiger partial charge on any atom is -0.299 e. The Kier molecular flexibility index (Phi) is 3.91. The van der Waals surface area contributed by atoms with Crippen molar-refractivity contribution in [2.75, 3.05) is 0 Å². The van der Waals surface area contributed by atoms with Crippen LogP contribution < -0.4 is 0 Å². The molecule has 2 atom stereocenters. The summed E-state index contributed by atoms with van der Waals surface area (Å²) in [6.45, 7) is 7.07. The maximum absolute atomic E-state index is 10.2. The van der Waals surface area contributed by atoms with Crippen molar-refractivity contribution in [3.05, 3.63) is 12.2 Å². The fourth-order valence-electron chi connectivity index (χ4n) is 2.87. The van der Waals surface area contributed by atoms with Gasteiger partial charge in [0, 0.05) is 0 Å². The van der Waals surface area contributed by atoms with Gasteiger partial charge in [-0.2, -0.15) is 0 Å². The molecule has 1 aliphatic rings.